The molecule has 80 valence electrons. The summed E-state index contributed by atoms with van der Waals surface area (Å²) in [6.45, 7) is 0. The van der Waals surface area contributed by atoms with Crippen molar-refractivity contribution in [2.45, 2.75) is 12.3 Å². The third-order valence-corrected chi connectivity index (χ3v) is 2.90. The lowest BCUT2D eigenvalue weighted by molar-refractivity contribution is -0.121. The van der Waals surface area contributed by atoms with E-state index in [1.54, 1.807) is 14.2 Å². The molecule has 1 aliphatic carbocycles. The van der Waals surface area contributed by atoms with Gasteiger partial charge in [0.25, 0.3) is 0 Å². The van der Waals surface area contributed by atoms with E-state index in [1.807, 2.05) is 18.2 Å². The van der Waals surface area contributed by atoms with Crippen molar-refractivity contribution in [3.63, 3.8) is 0 Å². The molecule has 0 bridgehead atoms. The van der Waals surface area contributed by atoms with E-state index in [9.17, 15) is 4.79 Å². The van der Waals surface area contributed by atoms with Crippen LogP contribution in [-0.2, 0) is 4.79 Å². The van der Waals surface area contributed by atoms with Gasteiger partial charge in [0.1, 0.15) is 5.75 Å². The molecule has 1 saturated carbocycles. The van der Waals surface area contributed by atoms with E-state index >= 15 is 0 Å². The standard InChI is InChI=1S/C12H15NO2/c1-13-12(14)11-7-10(11)8-4-3-5-9(6-8)15-2/h3-6,10-11H,7H2,1-2H3,(H,13,14). The van der Waals surface area contributed by atoms with Crippen LogP contribution in [0.4, 0.5) is 0 Å². The number of ether oxygens (including phenoxy) is 1. The Bertz CT molecular complexity index is 376. The third-order valence-electron chi connectivity index (χ3n) is 2.90. The van der Waals surface area contributed by atoms with E-state index in [4.69, 9.17) is 4.74 Å². The summed E-state index contributed by atoms with van der Waals surface area (Å²) < 4.78 is 5.15. The summed E-state index contributed by atoms with van der Waals surface area (Å²) in [6, 6.07) is 7.94. The van der Waals surface area contributed by atoms with Gasteiger partial charge in [-0.3, -0.25) is 4.79 Å². The molecule has 1 aromatic carbocycles. The largest absolute Gasteiger partial charge is 0.497 e. The molecule has 15 heavy (non-hydrogen) atoms. The predicted molar refractivity (Wildman–Crippen MR) is 57.9 cm³/mol. The van der Waals surface area contributed by atoms with Crippen molar-refractivity contribution in [2.75, 3.05) is 14.2 Å². The first-order chi connectivity index (χ1) is 7.26. The zero-order valence-corrected chi connectivity index (χ0v) is 8.99. The lowest BCUT2D eigenvalue weighted by Crippen LogP contribution is -2.20. The highest BCUT2D eigenvalue weighted by Crippen LogP contribution is 2.47. The van der Waals surface area contributed by atoms with Crippen molar-refractivity contribution >= 4 is 5.91 Å². The number of benzene rings is 1. The highest BCUT2D eigenvalue weighted by atomic mass is 16.5. The first kappa shape index (κ1) is 10.0. The lowest BCUT2D eigenvalue weighted by Gasteiger charge is -2.03. The molecule has 3 nitrogen and oxygen atoms in total. The number of hydrogen-bond acceptors (Lipinski definition) is 2. The van der Waals surface area contributed by atoms with Crippen molar-refractivity contribution in [1.82, 2.24) is 5.32 Å². The quantitative estimate of drug-likeness (QED) is 0.813. The van der Waals surface area contributed by atoms with Crippen molar-refractivity contribution in [3.8, 4) is 5.75 Å². The number of carbonyl (C=O) groups excluding carboxylic acids is 1. The van der Waals surface area contributed by atoms with Crippen LogP contribution in [-0.4, -0.2) is 20.1 Å². The molecule has 1 fully saturated rings. The van der Waals surface area contributed by atoms with Gasteiger partial charge in [-0.05, 0) is 30.0 Å². The molecule has 0 spiro atoms. The maximum Gasteiger partial charge on any atom is 0.223 e. The van der Waals surface area contributed by atoms with Gasteiger partial charge in [-0.15, -0.1) is 0 Å². The molecule has 2 unspecified atom stereocenters. The van der Waals surface area contributed by atoms with Gasteiger partial charge in [-0.2, -0.15) is 0 Å². The Morgan fingerprint density at radius 3 is 3.00 bits per heavy atom. The van der Waals surface area contributed by atoms with Gasteiger partial charge < -0.3 is 10.1 Å². The maximum atomic E-state index is 11.4. The Morgan fingerprint density at radius 2 is 2.33 bits per heavy atom. The van der Waals surface area contributed by atoms with Crippen LogP contribution in [0.25, 0.3) is 0 Å². The van der Waals surface area contributed by atoms with Crippen molar-refractivity contribution in [1.29, 1.82) is 0 Å². The Labute approximate surface area is 89.4 Å². The van der Waals surface area contributed by atoms with Crippen LogP contribution in [0, 0.1) is 5.92 Å². The van der Waals surface area contributed by atoms with Gasteiger partial charge in [0.15, 0.2) is 0 Å². The van der Waals surface area contributed by atoms with Gasteiger partial charge in [-0.25, -0.2) is 0 Å². The van der Waals surface area contributed by atoms with E-state index in [2.05, 4.69) is 11.4 Å². The normalized spacial score (nSPS) is 23.3. The summed E-state index contributed by atoms with van der Waals surface area (Å²) in [5.74, 6) is 1.53. The molecular weight excluding hydrogens is 190 g/mol. The van der Waals surface area contributed by atoms with Gasteiger partial charge in [0.2, 0.25) is 5.91 Å². The molecule has 0 radical (unpaired) electrons. The van der Waals surface area contributed by atoms with Crippen molar-refractivity contribution in [3.05, 3.63) is 29.8 Å². The highest BCUT2D eigenvalue weighted by Gasteiger charge is 2.43. The first-order valence-electron chi connectivity index (χ1n) is 5.12. The SMILES string of the molecule is CNC(=O)C1CC1c1cccc(OC)c1. The number of nitrogens with one attached hydrogen (secondary N) is 1. The predicted octanol–water partition coefficient (Wildman–Crippen LogP) is 1.54. The van der Waals surface area contributed by atoms with Gasteiger partial charge >= 0.3 is 0 Å². The minimum absolute atomic E-state index is 0.141. The van der Waals surface area contributed by atoms with E-state index in [0.29, 0.717) is 5.92 Å². The van der Waals surface area contributed by atoms with Crippen molar-refractivity contribution < 1.29 is 9.53 Å². The second kappa shape index (κ2) is 3.93. The molecule has 2 rings (SSSR count). The summed E-state index contributed by atoms with van der Waals surface area (Å²) in [4.78, 5) is 11.4. The highest BCUT2D eigenvalue weighted by molar-refractivity contribution is 5.82. The van der Waals surface area contributed by atoms with E-state index in [0.717, 1.165) is 12.2 Å². The molecule has 0 aromatic heterocycles. The van der Waals surface area contributed by atoms with Crippen LogP contribution in [0.2, 0.25) is 0 Å². The number of amides is 1. The second-order valence-corrected chi connectivity index (χ2v) is 3.84. The Balaban J connectivity index is 2.09. The number of methoxy groups -OCH3 is 1. The second-order valence-electron chi connectivity index (χ2n) is 3.84. The molecule has 2 atom stereocenters. The summed E-state index contributed by atoms with van der Waals surface area (Å²) in [5.41, 5.74) is 1.20. The first-order valence-corrected chi connectivity index (χ1v) is 5.12. The minimum atomic E-state index is 0.141. The van der Waals surface area contributed by atoms with Crippen LogP contribution in [0.5, 0.6) is 5.75 Å². The molecule has 0 heterocycles. The van der Waals surface area contributed by atoms with E-state index in [-0.39, 0.29) is 11.8 Å². The average Bonchev–Trinajstić information content (AvgIpc) is 3.08. The fourth-order valence-electron chi connectivity index (χ4n) is 1.91. The van der Waals surface area contributed by atoms with Gasteiger partial charge in [-0.1, -0.05) is 12.1 Å². The molecule has 3 heteroatoms. The molecule has 1 aromatic rings. The van der Waals surface area contributed by atoms with E-state index < -0.39 is 0 Å². The molecule has 0 saturated heterocycles. The van der Waals surface area contributed by atoms with Gasteiger partial charge in [0, 0.05) is 13.0 Å². The number of rotatable bonds is 3. The lowest BCUT2D eigenvalue weighted by atomic mass is 10.1. The smallest absolute Gasteiger partial charge is 0.223 e. The topological polar surface area (TPSA) is 38.3 Å². The Kier molecular flexibility index (Phi) is 2.62. The molecular formula is C12H15NO2. The summed E-state index contributed by atoms with van der Waals surface area (Å²) in [5, 5.41) is 2.69. The van der Waals surface area contributed by atoms with Crippen LogP contribution in [0.15, 0.2) is 24.3 Å². The molecule has 1 N–H and O–H groups in total. The summed E-state index contributed by atoms with van der Waals surface area (Å²) >= 11 is 0. The summed E-state index contributed by atoms with van der Waals surface area (Å²) in [7, 11) is 3.34. The maximum absolute atomic E-state index is 11.4. The fraction of sp³-hybridized carbons (Fsp3) is 0.417. The Morgan fingerprint density at radius 1 is 1.53 bits per heavy atom. The van der Waals surface area contributed by atoms with Crippen LogP contribution in [0.1, 0.15) is 17.9 Å². The zero-order valence-electron chi connectivity index (χ0n) is 8.99. The fourth-order valence-corrected chi connectivity index (χ4v) is 1.91. The molecule has 1 amide bonds. The van der Waals surface area contributed by atoms with E-state index in [1.165, 1.54) is 5.56 Å². The third kappa shape index (κ3) is 1.96. The molecule has 0 aliphatic heterocycles. The number of carbonyl (C=O) groups is 1. The minimum Gasteiger partial charge on any atom is -0.497 e. The van der Waals surface area contributed by atoms with Crippen LogP contribution < -0.4 is 10.1 Å². The monoisotopic (exact) mass is 205 g/mol. The zero-order chi connectivity index (χ0) is 10.8. The van der Waals surface area contributed by atoms with Crippen LogP contribution >= 0.6 is 0 Å². The Hall–Kier alpha value is -1.51. The van der Waals surface area contributed by atoms with Crippen molar-refractivity contribution in [2.24, 2.45) is 5.92 Å². The number of hydrogen-bond donors (Lipinski definition) is 1. The average molecular weight is 205 g/mol. The van der Waals surface area contributed by atoms with Gasteiger partial charge in [0.05, 0.1) is 7.11 Å². The molecule has 1 aliphatic rings. The van der Waals surface area contributed by atoms with Crippen LogP contribution in [0.3, 0.4) is 0 Å². The summed E-state index contributed by atoms with van der Waals surface area (Å²) in [6.07, 6.45) is 0.951.